The summed E-state index contributed by atoms with van der Waals surface area (Å²) in [5, 5.41) is 3.45. The number of nitrogens with zero attached hydrogens (tertiary/aromatic N) is 2. The highest BCUT2D eigenvalue weighted by Crippen LogP contribution is 2.11. The highest BCUT2D eigenvalue weighted by atomic mass is 16.5. The number of carbonyl (C=O) groups is 1. The first-order chi connectivity index (χ1) is 9.10. The molecule has 1 fully saturated rings. The van der Waals surface area contributed by atoms with Crippen LogP contribution in [-0.2, 0) is 11.3 Å². The number of aromatic nitrogens is 1. The molecule has 0 saturated carbocycles. The van der Waals surface area contributed by atoms with E-state index < -0.39 is 0 Å². The van der Waals surface area contributed by atoms with Gasteiger partial charge in [0.1, 0.15) is 5.69 Å². The minimum absolute atomic E-state index is 0.371. The van der Waals surface area contributed by atoms with Gasteiger partial charge in [0.25, 0.3) is 0 Å². The standard InChI is InChI=1S/C14H21N3O2/c1-10-8-17(11(2)7-15-10)9-12-5-4-6-13(16-12)14(18)19-3/h4-6,10-11,15H,7-9H2,1-3H3. The first-order valence-corrected chi connectivity index (χ1v) is 6.62. The Balaban J connectivity index is 2.08. The number of hydrogen-bond acceptors (Lipinski definition) is 5. The maximum Gasteiger partial charge on any atom is 0.356 e. The Morgan fingerprint density at radius 3 is 3.05 bits per heavy atom. The van der Waals surface area contributed by atoms with Crippen molar-refractivity contribution in [2.75, 3.05) is 20.2 Å². The predicted octanol–water partition coefficient (Wildman–Crippen LogP) is 1.05. The van der Waals surface area contributed by atoms with Gasteiger partial charge < -0.3 is 10.1 Å². The summed E-state index contributed by atoms with van der Waals surface area (Å²) in [6.45, 7) is 7.11. The molecule has 2 heterocycles. The highest BCUT2D eigenvalue weighted by molar-refractivity contribution is 5.87. The Morgan fingerprint density at radius 1 is 1.53 bits per heavy atom. The van der Waals surface area contributed by atoms with Crippen molar-refractivity contribution in [3.63, 3.8) is 0 Å². The molecule has 0 spiro atoms. The van der Waals surface area contributed by atoms with E-state index in [-0.39, 0.29) is 5.97 Å². The summed E-state index contributed by atoms with van der Waals surface area (Å²) in [4.78, 5) is 18.2. The Morgan fingerprint density at radius 2 is 2.32 bits per heavy atom. The Labute approximate surface area is 114 Å². The van der Waals surface area contributed by atoms with Gasteiger partial charge in [0.15, 0.2) is 0 Å². The smallest absolute Gasteiger partial charge is 0.356 e. The van der Waals surface area contributed by atoms with Crippen molar-refractivity contribution < 1.29 is 9.53 Å². The molecular weight excluding hydrogens is 242 g/mol. The number of rotatable bonds is 3. The lowest BCUT2D eigenvalue weighted by atomic mass is 10.1. The van der Waals surface area contributed by atoms with Crippen LogP contribution in [0.25, 0.3) is 0 Å². The summed E-state index contributed by atoms with van der Waals surface area (Å²) in [6.07, 6.45) is 0. The van der Waals surface area contributed by atoms with Crippen LogP contribution in [0, 0.1) is 0 Å². The van der Waals surface area contributed by atoms with Crippen LogP contribution < -0.4 is 5.32 Å². The van der Waals surface area contributed by atoms with Crippen molar-refractivity contribution in [2.24, 2.45) is 0 Å². The molecule has 0 aliphatic carbocycles. The Kier molecular flexibility index (Phi) is 4.50. The van der Waals surface area contributed by atoms with E-state index in [9.17, 15) is 4.79 Å². The van der Waals surface area contributed by atoms with Gasteiger partial charge in [-0.2, -0.15) is 0 Å². The van der Waals surface area contributed by atoms with Crippen molar-refractivity contribution in [1.82, 2.24) is 15.2 Å². The lowest BCUT2D eigenvalue weighted by molar-refractivity contribution is 0.0593. The van der Waals surface area contributed by atoms with Crippen LogP contribution >= 0.6 is 0 Å². The monoisotopic (exact) mass is 263 g/mol. The minimum atomic E-state index is -0.386. The van der Waals surface area contributed by atoms with Gasteiger partial charge in [0.2, 0.25) is 0 Å². The van der Waals surface area contributed by atoms with Crippen molar-refractivity contribution in [3.8, 4) is 0 Å². The van der Waals surface area contributed by atoms with Crippen molar-refractivity contribution in [1.29, 1.82) is 0 Å². The number of pyridine rings is 1. The quantitative estimate of drug-likeness (QED) is 0.826. The molecule has 2 rings (SSSR count). The van der Waals surface area contributed by atoms with E-state index in [1.54, 1.807) is 6.07 Å². The molecule has 1 aliphatic heterocycles. The van der Waals surface area contributed by atoms with E-state index >= 15 is 0 Å². The number of nitrogens with one attached hydrogen (secondary N) is 1. The van der Waals surface area contributed by atoms with Gasteiger partial charge in [0.05, 0.1) is 12.8 Å². The molecule has 1 aliphatic rings. The molecule has 1 aromatic rings. The van der Waals surface area contributed by atoms with Gasteiger partial charge in [-0.05, 0) is 26.0 Å². The normalized spacial score (nSPS) is 24.2. The largest absolute Gasteiger partial charge is 0.464 e. The number of esters is 1. The molecule has 0 bridgehead atoms. The molecular formula is C14H21N3O2. The van der Waals surface area contributed by atoms with E-state index in [4.69, 9.17) is 4.74 Å². The average molecular weight is 263 g/mol. The lowest BCUT2D eigenvalue weighted by Gasteiger charge is -2.37. The molecule has 1 N–H and O–H groups in total. The topological polar surface area (TPSA) is 54.5 Å². The zero-order valence-electron chi connectivity index (χ0n) is 11.7. The first-order valence-electron chi connectivity index (χ1n) is 6.62. The molecule has 2 unspecified atom stereocenters. The summed E-state index contributed by atoms with van der Waals surface area (Å²) in [7, 11) is 1.37. The molecule has 0 radical (unpaired) electrons. The van der Waals surface area contributed by atoms with E-state index in [2.05, 4.69) is 29.0 Å². The molecule has 2 atom stereocenters. The summed E-state index contributed by atoms with van der Waals surface area (Å²) in [6, 6.07) is 6.44. The molecule has 5 nitrogen and oxygen atoms in total. The Hall–Kier alpha value is -1.46. The van der Waals surface area contributed by atoms with Crippen LogP contribution in [-0.4, -0.2) is 48.1 Å². The molecule has 1 aromatic heterocycles. The molecule has 0 aromatic carbocycles. The first kappa shape index (κ1) is 14.0. The fraction of sp³-hybridized carbons (Fsp3) is 0.571. The van der Waals surface area contributed by atoms with Gasteiger partial charge in [-0.15, -0.1) is 0 Å². The number of carbonyl (C=O) groups excluding carboxylic acids is 1. The van der Waals surface area contributed by atoms with Gasteiger partial charge in [-0.25, -0.2) is 9.78 Å². The second kappa shape index (κ2) is 6.12. The number of methoxy groups -OCH3 is 1. The van der Waals surface area contributed by atoms with E-state index in [1.165, 1.54) is 7.11 Å². The van der Waals surface area contributed by atoms with Crippen LogP contribution in [0.1, 0.15) is 30.0 Å². The maximum absolute atomic E-state index is 11.5. The van der Waals surface area contributed by atoms with Crippen LogP contribution in [0.2, 0.25) is 0 Å². The van der Waals surface area contributed by atoms with E-state index in [1.807, 2.05) is 12.1 Å². The number of piperazine rings is 1. The van der Waals surface area contributed by atoms with E-state index in [0.717, 1.165) is 25.3 Å². The summed E-state index contributed by atoms with van der Waals surface area (Å²) in [5.41, 5.74) is 1.28. The third-order valence-electron chi connectivity index (χ3n) is 3.46. The zero-order chi connectivity index (χ0) is 13.8. The molecule has 0 amide bonds. The van der Waals surface area contributed by atoms with E-state index in [0.29, 0.717) is 17.8 Å². The summed E-state index contributed by atoms with van der Waals surface area (Å²) >= 11 is 0. The molecule has 104 valence electrons. The average Bonchev–Trinajstić information content (AvgIpc) is 2.42. The predicted molar refractivity (Wildman–Crippen MR) is 72.9 cm³/mol. The second-order valence-electron chi connectivity index (χ2n) is 5.09. The third-order valence-corrected chi connectivity index (χ3v) is 3.46. The van der Waals surface area contributed by atoms with Crippen molar-refractivity contribution in [2.45, 2.75) is 32.5 Å². The summed E-state index contributed by atoms with van der Waals surface area (Å²) < 4.78 is 4.69. The van der Waals surface area contributed by atoms with Crippen LogP contribution in [0.3, 0.4) is 0 Å². The van der Waals surface area contributed by atoms with Gasteiger partial charge in [-0.3, -0.25) is 4.90 Å². The maximum atomic E-state index is 11.5. The third kappa shape index (κ3) is 3.52. The highest BCUT2D eigenvalue weighted by Gasteiger charge is 2.22. The number of ether oxygens (including phenoxy) is 1. The van der Waals surface area contributed by atoms with Gasteiger partial charge >= 0.3 is 5.97 Å². The molecule has 1 saturated heterocycles. The zero-order valence-corrected chi connectivity index (χ0v) is 11.7. The summed E-state index contributed by atoms with van der Waals surface area (Å²) in [5.74, 6) is -0.386. The molecule has 5 heteroatoms. The fourth-order valence-electron chi connectivity index (χ4n) is 2.31. The Bertz CT molecular complexity index is 450. The minimum Gasteiger partial charge on any atom is -0.464 e. The van der Waals surface area contributed by atoms with Crippen molar-refractivity contribution >= 4 is 5.97 Å². The molecule has 19 heavy (non-hydrogen) atoms. The fourth-order valence-corrected chi connectivity index (χ4v) is 2.31. The lowest BCUT2D eigenvalue weighted by Crippen LogP contribution is -2.53. The van der Waals surface area contributed by atoms with Crippen LogP contribution in [0.4, 0.5) is 0 Å². The number of hydrogen-bond donors (Lipinski definition) is 1. The van der Waals surface area contributed by atoms with Gasteiger partial charge in [-0.1, -0.05) is 6.07 Å². The SMILES string of the molecule is COC(=O)c1cccc(CN2CC(C)NCC2C)n1. The van der Waals surface area contributed by atoms with Crippen molar-refractivity contribution in [3.05, 3.63) is 29.6 Å². The van der Waals surface area contributed by atoms with Gasteiger partial charge in [0, 0.05) is 31.7 Å². The second-order valence-corrected chi connectivity index (χ2v) is 5.09. The van der Waals surface area contributed by atoms with Crippen LogP contribution in [0.15, 0.2) is 18.2 Å². The van der Waals surface area contributed by atoms with Crippen LogP contribution in [0.5, 0.6) is 0 Å².